The van der Waals surface area contributed by atoms with Crippen LogP contribution in [0.5, 0.6) is 0 Å². The Morgan fingerprint density at radius 1 is 1.44 bits per heavy atom. The fourth-order valence-electron chi connectivity index (χ4n) is 2.29. The van der Waals surface area contributed by atoms with Gasteiger partial charge in [0.05, 0.1) is 23.6 Å². The van der Waals surface area contributed by atoms with E-state index in [2.05, 4.69) is 10.3 Å². The molecule has 7 nitrogen and oxygen atoms in total. The van der Waals surface area contributed by atoms with Crippen LogP contribution in [-0.2, 0) is 11.3 Å². The molecule has 1 aliphatic rings. The van der Waals surface area contributed by atoms with Gasteiger partial charge in [-0.15, -0.1) is 24.0 Å². The number of para-hydroxylation sites is 1. The second kappa shape index (κ2) is 11.2. The van der Waals surface area contributed by atoms with E-state index in [1.165, 1.54) is 18.9 Å². The zero-order chi connectivity index (χ0) is 17.4. The van der Waals surface area contributed by atoms with Crippen molar-refractivity contribution in [3.8, 4) is 0 Å². The van der Waals surface area contributed by atoms with E-state index in [1.54, 1.807) is 18.2 Å². The normalized spacial score (nSPS) is 13.9. The Bertz CT molecular complexity index is 579. The van der Waals surface area contributed by atoms with Crippen molar-refractivity contribution in [2.75, 3.05) is 33.4 Å². The zero-order valence-corrected chi connectivity index (χ0v) is 17.1. The Balaban J connectivity index is 0.00000312. The van der Waals surface area contributed by atoms with E-state index in [1.807, 2.05) is 18.9 Å². The topological polar surface area (TPSA) is 80.0 Å². The number of nitro benzene ring substituents is 1. The second-order valence-electron chi connectivity index (χ2n) is 6.00. The first-order chi connectivity index (χ1) is 11.6. The lowest BCUT2D eigenvalue weighted by molar-refractivity contribution is -0.385. The molecule has 1 aromatic rings. The number of nitro groups is 1. The Morgan fingerprint density at radius 3 is 2.80 bits per heavy atom. The van der Waals surface area contributed by atoms with Crippen LogP contribution in [0.25, 0.3) is 0 Å². The highest BCUT2D eigenvalue weighted by Gasteiger charge is 2.21. The molecule has 1 aromatic carbocycles. The van der Waals surface area contributed by atoms with Crippen LogP contribution in [-0.4, -0.2) is 49.1 Å². The first-order valence-electron chi connectivity index (χ1n) is 8.41. The number of rotatable bonds is 9. The van der Waals surface area contributed by atoms with Crippen molar-refractivity contribution in [2.24, 2.45) is 10.9 Å². The van der Waals surface area contributed by atoms with Crippen LogP contribution in [0.15, 0.2) is 29.3 Å². The van der Waals surface area contributed by atoms with Crippen LogP contribution in [0.4, 0.5) is 5.69 Å². The van der Waals surface area contributed by atoms with Gasteiger partial charge in [0.2, 0.25) is 0 Å². The standard InChI is InChI=1S/C17H26N4O3.HI/c1-3-18-17(20(2)10-11-24-13-14-8-9-14)19-12-15-6-4-5-7-16(15)21(22)23;/h4-7,14H,3,8-13H2,1-2H3,(H,18,19);1H. The van der Waals surface area contributed by atoms with Crippen molar-refractivity contribution in [1.29, 1.82) is 0 Å². The largest absolute Gasteiger partial charge is 0.379 e. The lowest BCUT2D eigenvalue weighted by atomic mass is 10.2. The minimum atomic E-state index is -0.368. The predicted molar refractivity (Wildman–Crippen MR) is 110 cm³/mol. The molecule has 1 aliphatic carbocycles. The number of guanidine groups is 1. The molecule has 0 heterocycles. The summed E-state index contributed by atoms with van der Waals surface area (Å²) in [5.41, 5.74) is 0.712. The highest BCUT2D eigenvalue weighted by Crippen LogP contribution is 2.28. The van der Waals surface area contributed by atoms with Gasteiger partial charge >= 0.3 is 0 Å². The molecule has 0 radical (unpaired) electrons. The molecule has 0 saturated heterocycles. The molecule has 0 aliphatic heterocycles. The molecule has 140 valence electrons. The first kappa shape index (κ1) is 21.6. The fourth-order valence-corrected chi connectivity index (χ4v) is 2.29. The fraction of sp³-hybridized carbons (Fsp3) is 0.588. The van der Waals surface area contributed by atoms with Crippen LogP contribution in [0.1, 0.15) is 25.3 Å². The van der Waals surface area contributed by atoms with Crippen LogP contribution >= 0.6 is 24.0 Å². The van der Waals surface area contributed by atoms with E-state index >= 15 is 0 Å². The molecular weight excluding hydrogens is 435 g/mol. The van der Waals surface area contributed by atoms with Gasteiger partial charge in [0, 0.05) is 32.8 Å². The SMILES string of the molecule is CCNC(=NCc1ccccc1[N+](=O)[O-])N(C)CCOCC1CC1.I. The molecule has 1 saturated carbocycles. The third-order valence-electron chi connectivity index (χ3n) is 3.91. The molecule has 0 atom stereocenters. The minimum Gasteiger partial charge on any atom is -0.379 e. The summed E-state index contributed by atoms with van der Waals surface area (Å²) in [6.07, 6.45) is 2.57. The zero-order valence-electron chi connectivity index (χ0n) is 14.8. The maximum atomic E-state index is 11.1. The Morgan fingerprint density at radius 2 is 2.16 bits per heavy atom. The summed E-state index contributed by atoms with van der Waals surface area (Å²) in [6, 6.07) is 6.71. The summed E-state index contributed by atoms with van der Waals surface area (Å²) in [4.78, 5) is 17.2. The van der Waals surface area contributed by atoms with Gasteiger partial charge in [0.1, 0.15) is 0 Å². The molecule has 0 bridgehead atoms. The van der Waals surface area contributed by atoms with Gasteiger partial charge in [-0.05, 0) is 25.7 Å². The van der Waals surface area contributed by atoms with E-state index in [-0.39, 0.29) is 41.1 Å². The van der Waals surface area contributed by atoms with Gasteiger partial charge in [0.15, 0.2) is 5.96 Å². The van der Waals surface area contributed by atoms with E-state index < -0.39 is 0 Å². The maximum Gasteiger partial charge on any atom is 0.274 e. The van der Waals surface area contributed by atoms with Crippen molar-refractivity contribution in [3.05, 3.63) is 39.9 Å². The number of likely N-dealkylation sites (N-methyl/N-ethyl adjacent to an activating group) is 1. The summed E-state index contributed by atoms with van der Waals surface area (Å²) in [7, 11) is 1.95. The molecule has 8 heteroatoms. The van der Waals surface area contributed by atoms with Crippen LogP contribution in [0.2, 0.25) is 0 Å². The van der Waals surface area contributed by atoms with Crippen molar-refractivity contribution in [2.45, 2.75) is 26.3 Å². The average Bonchev–Trinajstić information content (AvgIpc) is 3.39. The van der Waals surface area contributed by atoms with Crippen molar-refractivity contribution < 1.29 is 9.66 Å². The molecule has 0 unspecified atom stereocenters. The number of nitrogens with one attached hydrogen (secondary N) is 1. The summed E-state index contributed by atoms with van der Waals surface area (Å²) in [6.45, 7) is 5.24. The van der Waals surface area contributed by atoms with Crippen molar-refractivity contribution >= 4 is 35.6 Å². The predicted octanol–water partition coefficient (Wildman–Crippen LogP) is 3.04. The van der Waals surface area contributed by atoms with Crippen LogP contribution < -0.4 is 5.32 Å². The summed E-state index contributed by atoms with van der Waals surface area (Å²) >= 11 is 0. The highest BCUT2D eigenvalue weighted by molar-refractivity contribution is 14.0. The molecule has 0 aromatic heterocycles. The number of benzene rings is 1. The smallest absolute Gasteiger partial charge is 0.274 e. The van der Waals surface area contributed by atoms with Gasteiger partial charge in [-0.3, -0.25) is 10.1 Å². The minimum absolute atomic E-state index is 0. The third-order valence-corrected chi connectivity index (χ3v) is 3.91. The first-order valence-corrected chi connectivity index (χ1v) is 8.41. The molecular formula is C17H27IN4O3. The van der Waals surface area contributed by atoms with Crippen LogP contribution in [0, 0.1) is 16.0 Å². The summed E-state index contributed by atoms with van der Waals surface area (Å²) < 4.78 is 5.66. The van der Waals surface area contributed by atoms with Gasteiger partial charge in [-0.2, -0.15) is 0 Å². The van der Waals surface area contributed by atoms with Crippen molar-refractivity contribution in [1.82, 2.24) is 10.2 Å². The third kappa shape index (κ3) is 7.55. The summed E-state index contributed by atoms with van der Waals surface area (Å²) in [5.74, 6) is 1.49. The Kier molecular flexibility index (Phi) is 9.73. The second-order valence-corrected chi connectivity index (χ2v) is 6.00. The molecule has 1 N–H and O–H groups in total. The average molecular weight is 462 g/mol. The Hall–Kier alpha value is -1.42. The van der Waals surface area contributed by atoms with E-state index in [4.69, 9.17) is 4.74 Å². The van der Waals surface area contributed by atoms with Gasteiger partial charge in [-0.25, -0.2) is 4.99 Å². The maximum absolute atomic E-state index is 11.1. The number of ether oxygens (including phenoxy) is 1. The number of aliphatic imine (C=N–C) groups is 1. The van der Waals surface area contributed by atoms with E-state index in [0.29, 0.717) is 12.2 Å². The van der Waals surface area contributed by atoms with Crippen molar-refractivity contribution in [3.63, 3.8) is 0 Å². The molecule has 1 fully saturated rings. The van der Waals surface area contributed by atoms with Gasteiger partial charge in [-0.1, -0.05) is 18.2 Å². The molecule has 0 spiro atoms. The number of halogens is 1. The molecule has 2 rings (SSSR count). The highest BCUT2D eigenvalue weighted by atomic mass is 127. The lowest BCUT2D eigenvalue weighted by Gasteiger charge is -2.22. The molecule has 0 amide bonds. The van der Waals surface area contributed by atoms with E-state index in [9.17, 15) is 10.1 Å². The number of nitrogens with zero attached hydrogens (tertiary/aromatic N) is 3. The Labute approximate surface area is 166 Å². The van der Waals surface area contributed by atoms with Gasteiger partial charge in [0.25, 0.3) is 5.69 Å². The quantitative estimate of drug-likeness (QED) is 0.152. The monoisotopic (exact) mass is 462 g/mol. The van der Waals surface area contributed by atoms with E-state index in [0.717, 1.165) is 31.6 Å². The number of hydrogen-bond acceptors (Lipinski definition) is 4. The summed E-state index contributed by atoms with van der Waals surface area (Å²) in [5, 5.41) is 14.3. The molecule has 25 heavy (non-hydrogen) atoms. The van der Waals surface area contributed by atoms with Gasteiger partial charge < -0.3 is 15.0 Å². The number of hydrogen-bond donors (Lipinski definition) is 1. The van der Waals surface area contributed by atoms with Crippen LogP contribution in [0.3, 0.4) is 0 Å². The lowest BCUT2D eigenvalue weighted by Crippen LogP contribution is -2.40.